The molecular formula is C15H9Cl2N3O2. The number of hydrogen-bond acceptors (Lipinski definition) is 3. The second-order valence-electron chi connectivity index (χ2n) is 4.22. The summed E-state index contributed by atoms with van der Waals surface area (Å²) < 4.78 is 0. The zero-order valence-corrected chi connectivity index (χ0v) is 12.6. The van der Waals surface area contributed by atoms with E-state index in [1.807, 2.05) is 6.07 Å². The summed E-state index contributed by atoms with van der Waals surface area (Å²) in [6, 6.07) is 12.6. The molecular weight excluding hydrogens is 325 g/mol. The summed E-state index contributed by atoms with van der Waals surface area (Å²) in [5.74, 6) is -1.74. The first-order valence-electron chi connectivity index (χ1n) is 6.07. The van der Waals surface area contributed by atoms with E-state index in [9.17, 15) is 9.59 Å². The Morgan fingerprint density at radius 3 is 2.23 bits per heavy atom. The summed E-state index contributed by atoms with van der Waals surface area (Å²) in [5.41, 5.74) is 1.10. The number of hydrogen-bond donors (Lipinski definition) is 2. The average molecular weight is 334 g/mol. The number of benzene rings is 2. The van der Waals surface area contributed by atoms with E-state index >= 15 is 0 Å². The van der Waals surface area contributed by atoms with Gasteiger partial charge in [0.2, 0.25) is 0 Å². The van der Waals surface area contributed by atoms with Crippen molar-refractivity contribution in [3.8, 4) is 6.07 Å². The zero-order chi connectivity index (χ0) is 16.1. The van der Waals surface area contributed by atoms with Crippen LogP contribution in [0.3, 0.4) is 0 Å². The fourth-order valence-corrected chi connectivity index (χ4v) is 1.93. The maximum Gasteiger partial charge on any atom is 0.314 e. The lowest BCUT2D eigenvalue weighted by Gasteiger charge is -2.08. The van der Waals surface area contributed by atoms with E-state index in [-0.39, 0.29) is 10.7 Å². The Bertz CT molecular complexity index is 767. The highest BCUT2D eigenvalue weighted by Gasteiger charge is 2.15. The molecule has 0 saturated heterocycles. The van der Waals surface area contributed by atoms with Gasteiger partial charge in [0.25, 0.3) is 0 Å². The molecule has 5 nitrogen and oxygen atoms in total. The Morgan fingerprint density at radius 2 is 1.59 bits per heavy atom. The predicted octanol–water partition coefficient (Wildman–Crippen LogP) is 3.44. The van der Waals surface area contributed by atoms with Crippen molar-refractivity contribution in [3.63, 3.8) is 0 Å². The number of nitrogens with zero attached hydrogens (tertiary/aromatic N) is 1. The molecule has 22 heavy (non-hydrogen) atoms. The van der Waals surface area contributed by atoms with Gasteiger partial charge in [-0.15, -0.1) is 0 Å². The second-order valence-corrected chi connectivity index (χ2v) is 5.07. The number of anilines is 2. The molecule has 2 rings (SSSR count). The molecule has 2 N–H and O–H groups in total. The third-order valence-electron chi connectivity index (χ3n) is 2.65. The van der Waals surface area contributed by atoms with Crippen molar-refractivity contribution in [1.82, 2.24) is 0 Å². The van der Waals surface area contributed by atoms with Crippen LogP contribution in [0.2, 0.25) is 10.0 Å². The van der Waals surface area contributed by atoms with Crippen molar-refractivity contribution in [2.75, 3.05) is 10.6 Å². The molecule has 0 spiro atoms. The van der Waals surface area contributed by atoms with Crippen LogP contribution in [0.4, 0.5) is 11.4 Å². The lowest BCUT2D eigenvalue weighted by Crippen LogP contribution is -2.29. The van der Waals surface area contributed by atoms with E-state index in [1.54, 1.807) is 6.07 Å². The van der Waals surface area contributed by atoms with E-state index in [0.29, 0.717) is 16.3 Å². The maximum absolute atomic E-state index is 11.8. The number of nitriles is 1. The number of carbonyl (C=O) groups is 2. The molecule has 7 heteroatoms. The van der Waals surface area contributed by atoms with Gasteiger partial charge in [0.15, 0.2) is 0 Å². The van der Waals surface area contributed by atoms with E-state index in [0.717, 1.165) is 0 Å². The predicted molar refractivity (Wildman–Crippen MR) is 84.9 cm³/mol. The van der Waals surface area contributed by atoms with Gasteiger partial charge in [0.05, 0.1) is 22.3 Å². The molecule has 0 aliphatic carbocycles. The summed E-state index contributed by atoms with van der Waals surface area (Å²) in [7, 11) is 0. The Kier molecular flexibility index (Phi) is 4.99. The van der Waals surface area contributed by atoms with Gasteiger partial charge in [-0.05, 0) is 42.5 Å². The van der Waals surface area contributed by atoms with Crippen LogP contribution in [0.25, 0.3) is 0 Å². The van der Waals surface area contributed by atoms with Crippen LogP contribution in [-0.2, 0) is 9.59 Å². The second kappa shape index (κ2) is 6.94. The van der Waals surface area contributed by atoms with Gasteiger partial charge in [-0.2, -0.15) is 5.26 Å². The lowest BCUT2D eigenvalue weighted by molar-refractivity contribution is -0.132. The van der Waals surface area contributed by atoms with E-state index in [1.165, 1.54) is 36.4 Å². The number of nitrogens with one attached hydrogen (secondary N) is 2. The monoisotopic (exact) mass is 333 g/mol. The highest BCUT2D eigenvalue weighted by atomic mass is 35.5. The Morgan fingerprint density at radius 1 is 0.955 bits per heavy atom. The SMILES string of the molecule is N#Cc1ccc(NC(=O)C(=O)Nc2cc(Cl)ccc2Cl)cc1. The average Bonchev–Trinajstić information content (AvgIpc) is 2.51. The fourth-order valence-electron chi connectivity index (χ4n) is 1.59. The highest BCUT2D eigenvalue weighted by Crippen LogP contribution is 2.25. The molecule has 2 aromatic carbocycles. The number of amides is 2. The zero-order valence-electron chi connectivity index (χ0n) is 11.1. The van der Waals surface area contributed by atoms with E-state index < -0.39 is 11.8 Å². The molecule has 0 unspecified atom stereocenters. The summed E-state index contributed by atoms with van der Waals surface area (Å²) in [5, 5.41) is 14.1. The van der Waals surface area contributed by atoms with Crippen molar-refractivity contribution in [3.05, 3.63) is 58.1 Å². The Hall–Kier alpha value is -2.55. The van der Waals surface area contributed by atoms with Crippen LogP contribution in [0, 0.1) is 11.3 Å². The molecule has 0 aromatic heterocycles. The smallest absolute Gasteiger partial charge is 0.314 e. The molecule has 0 radical (unpaired) electrons. The van der Waals surface area contributed by atoms with Crippen LogP contribution in [0.1, 0.15) is 5.56 Å². The Labute approximate surface area is 136 Å². The van der Waals surface area contributed by atoms with E-state index in [2.05, 4.69) is 10.6 Å². The molecule has 0 fully saturated rings. The minimum atomic E-state index is -0.881. The van der Waals surface area contributed by atoms with Gasteiger partial charge in [-0.3, -0.25) is 9.59 Å². The van der Waals surface area contributed by atoms with Gasteiger partial charge < -0.3 is 10.6 Å². The molecule has 0 aliphatic heterocycles. The summed E-state index contributed by atoms with van der Waals surface area (Å²) >= 11 is 11.7. The molecule has 0 heterocycles. The molecule has 0 aliphatic rings. The van der Waals surface area contributed by atoms with Gasteiger partial charge in [0.1, 0.15) is 0 Å². The van der Waals surface area contributed by atoms with E-state index in [4.69, 9.17) is 28.5 Å². The van der Waals surface area contributed by atoms with Crippen molar-refractivity contribution >= 4 is 46.4 Å². The number of halogens is 2. The highest BCUT2D eigenvalue weighted by molar-refractivity contribution is 6.45. The third-order valence-corrected chi connectivity index (χ3v) is 3.22. The van der Waals surface area contributed by atoms with Gasteiger partial charge >= 0.3 is 11.8 Å². The molecule has 2 amide bonds. The lowest BCUT2D eigenvalue weighted by atomic mass is 10.2. The summed E-state index contributed by atoms with van der Waals surface area (Å²) in [4.78, 5) is 23.6. The molecule has 0 atom stereocenters. The standard InChI is InChI=1S/C15H9Cl2N3O2/c16-10-3-6-12(17)13(7-10)20-15(22)14(21)19-11-4-1-9(8-18)2-5-11/h1-7H,(H,19,21)(H,20,22). The fraction of sp³-hybridized carbons (Fsp3) is 0. The van der Waals surface area contributed by atoms with Crippen LogP contribution in [0.5, 0.6) is 0 Å². The number of rotatable bonds is 2. The summed E-state index contributed by atoms with van der Waals surface area (Å²) in [6.45, 7) is 0. The van der Waals surface area contributed by atoms with Crippen LogP contribution in [0.15, 0.2) is 42.5 Å². The van der Waals surface area contributed by atoms with Crippen molar-refractivity contribution < 1.29 is 9.59 Å². The van der Waals surface area contributed by atoms with Crippen molar-refractivity contribution in [1.29, 1.82) is 5.26 Å². The molecule has 0 saturated carbocycles. The summed E-state index contributed by atoms with van der Waals surface area (Å²) in [6.07, 6.45) is 0. The van der Waals surface area contributed by atoms with Gasteiger partial charge in [0, 0.05) is 10.7 Å². The minimum Gasteiger partial charge on any atom is -0.318 e. The van der Waals surface area contributed by atoms with Crippen LogP contribution < -0.4 is 10.6 Å². The molecule has 2 aromatic rings. The first-order valence-corrected chi connectivity index (χ1v) is 6.83. The molecule has 110 valence electrons. The number of carbonyl (C=O) groups excluding carboxylic acids is 2. The largest absolute Gasteiger partial charge is 0.318 e. The first kappa shape index (κ1) is 15.8. The normalized spacial score (nSPS) is 9.68. The van der Waals surface area contributed by atoms with Crippen molar-refractivity contribution in [2.24, 2.45) is 0 Å². The Balaban J connectivity index is 2.04. The minimum absolute atomic E-state index is 0.245. The maximum atomic E-state index is 11.8. The van der Waals surface area contributed by atoms with Crippen LogP contribution >= 0.6 is 23.2 Å². The van der Waals surface area contributed by atoms with Crippen LogP contribution in [-0.4, -0.2) is 11.8 Å². The topological polar surface area (TPSA) is 82.0 Å². The van der Waals surface area contributed by atoms with Crippen molar-refractivity contribution in [2.45, 2.75) is 0 Å². The quantitative estimate of drug-likeness (QED) is 0.826. The van der Waals surface area contributed by atoms with Gasteiger partial charge in [-0.25, -0.2) is 0 Å². The first-order chi connectivity index (χ1) is 10.5. The van der Waals surface area contributed by atoms with Gasteiger partial charge in [-0.1, -0.05) is 23.2 Å². The third kappa shape index (κ3) is 3.98. The molecule has 0 bridgehead atoms.